The normalized spacial score (nSPS) is 21.1. The molecule has 2 nitrogen and oxygen atoms in total. The maximum Gasteiger partial charge on any atom is 0.0716 e. The molecule has 1 N–H and O–H groups in total. The number of nitrogens with one attached hydrogen (secondary N) is 1. The summed E-state index contributed by atoms with van der Waals surface area (Å²) >= 11 is 0. The quantitative estimate of drug-likeness (QED) is 0.789. The summed E-state index contributed by atoms with van der Waals surface area (Å²) in [7, 11) is 0. The molecule has 0 aromatic heterocycles. The molecule has 17 heavy (non-hydrogen) atoms. The molecular weight excluding hydrogens is 210 g/mol. The molecule has 1 unspecified atom stereocenters. The van der Waals surface area contributed by atoms with Crippen molar-refractivity contribution in [2.24, 2.45) is 5.92 Å². The average molecular weight is 233 g/mol. The van der Waals surface area contributed by atoms with E-state index >= 15 is 0 Å². The second-order valence-electron chi connectivity index (χ2n) is 4.87. The lowest BCUT2D eigenvalue weighted by molar-refractivity contribution is 0.105. The lowest BCUT2D eigenvalue weighted by atomic mass is 9.97. The maximum absolute atomic E-state index is 5.74. The van der Waals surface area contributed by atoms with Crippen molar-refractivity contribution in [1.82, 2.24) is 5.32 Å². The molecule has 2 heteroatoms. The highest BCUT2D eigenvalue weighted by molar-refractivity contribution is 5.13. The minimum Gasteiger partial charge on any atom is -0.377 e. The highest BCUT2D eigenvalue weighted by atomic mass is 16.5. The van der Waals surface area contributed by atoms with Crippen molar-refractivity contribution in [1.29, 1.82) is 0 Å². The molecule has 0 bridgehead atoms. The van der Waals surface area contributed by atoms with E-state index in [1.54, 1.807) is 0 Å². The van der Waals surface area contributed by atoms with E-state index in [2.05, 4.69) is 29.6 Å². The van der Waals surface area contributed by atoms with Crippen molar-refractivity contribution in [2.75, 3.05) is 19.7 Å². The van der Waals surface area contributed by atoms with Gasteiger partial charge in [0.2, 0.25) is 0 Å². The van der Waals surface area contributed by atoms with Crippen LogP contribution in [0.2, 0.25) is 0 Å². The van der Waals surface area contributed by atoms with Crippen LogP contribution in [-0.2, 0) is 11.3 Å². The molecule has 1 fully saturated rings. The molecule has 1 saturated heterocycles. The van der Waals surface area contributed by atoms with Crippen molar-refractivity contribution in [3.8, 4) is 0 Å². The van der Waals surface area contributed by atoms with Gasteiger partial charge >= 0.3 is 0 Å². The second kappa shape index (κ2) is 7.46. The first-order valence-electron chi connectivity index (χ1n) is 6.77. The fraction of sp³-hybridized carbons (Fsp3) is 0.600. The predicted octanol–water partition coefficient (Wildman–Crippen LogP) is 2.98. The Labute approximate surface area is 104 Å². The maximum atomic E-state index is 5.74. The molecule has 0 spiro atoms. The van der Waals surface area contributed by atoms with E-state index < -0.39 is 0 Å². The molecule has 0 saturated carbocycles. The van der Waals surface area contributed by atoms with Crippen LogP contribution in [0.3, 0.4) is 0 Å². The summed E-state index contributed by atoms with van der Waals surface area (Å²) in [6, 6.07) is 10.4. The van der Waals surface area contributed by atoms with Crippen LogP contribution in [0.5, 0.6) is 0 Å². The van der Waals surface area contributed by atoms with Crippen LogP contribution in [0.1, 0.15) is 31.2 Å². The predicted molar refractivity (Wildman–Crippen MR) is 70.9 cm³/mol. The van der Waals surface area contributed by atoms with Gasteiger partial charge < -0.3 is 10.1 Å². The van der Waals surface area contributed by atoms with Gasteiger partial charge in [0, 0.05) is 6.61 Å². The number of rotatable bonds is 5. The van der Waals surface area contributed by atoms with Crippen LogP contribution in [-0.4, -0.2) is 19.7 Å². The van der Waals surface area contributed by atoms with Crippen molar-refractivity contribution in [3.63, 3.8) is 0 Å². The molecule has 1 atom stereocenters. The van der Waals surface area contributed by atoms with Gasteiger partial charge in [0.15, 0.2) is 0 Å². The van der Waals surface area contributed by atoms with E-state index in [1.807, 2.05) is 6.07 Å². The van der Waals surface area contributed by atoms with Crippen LogP contribution < -0.4 is 5.32 Å². The van der Waals surface area contributed by atoms with Gasteiger partial charge in [-0.3, -0.25) is 0 Å². The van der Waals surface area contributed by atoms with Gasteiger partial charge in [-0.05, 0) is 50.3 Å². The van der Waals surface area contributed by atoms with E-state index in [0.29, 0.717) is 0 Å². The zero-order valence-corrected chi connectivity index (χ0v) is 10.5. The second-order valence-corrected chi connectivity index (χ2v) is 4.87. The van der Waals surface area contributed by atoms with Crippen LogP contribution in [0.15, 0.2) is 30.3 Å². The number of hydrogen-bond acceptors (Lipinski definition) is 2. The summed E-state index contributed by atoms with van der Waals surface area (Å²) in [4.78, 5) is 0. The molecule has 1 heterocycles. The van der Waals surface area contributed by atoms with Crippen molar-refractivity contribution in [3.05, 3.63) is 35.9 Å². The van der Waals surface area contributed by atoms with Gasteiger partial charge in [-0.2, -0.15) is 0 Å². The molecule has 1 aromatic carbocycles. The molecule has 0 amide bonds. The number of benzene rings is 1. The Morgan fingerprint density at radius 2 is 2.00 bits per heavy atom. The van der Waals surface area contributed by atoms with Crippen molar-refractivity contribution >= 4 is 0 Å². The third kappa shape index (κ3) is 4.88. The first-order chi connectivity index (χ1) is 8.45. The van der Waals surface area contributed by atoms with Crippen LogP contribution in [0, 0.1) is 5.92 Å². The zero-order chi connectivity index (χ0) is 11.8. The fourth-order valence-corrected chi connectivity index (χ4v) is 2.39. The Morgan fingerprint density at radius 1 is 1.12 bits per heavy atom. The van der Waals surface area contributed by atoms with Gasteiger partial charge in [0.1, 0.15) is 0 Å². The van der Waals surface area contributed by atoms with Gasteiger partial charge in [-0.1, -0.05) is 30.3 Å². The summed E-state index contributed by atoms with van der Waals surface area (Å²) in [5, 5.41) is 3.45. The molecular formula is C15H23NO. The Bertz CT molecular complexity index is 291. The first-order valence-corrected chi connectivity index (χ1v) is 6.77. The van der Waals surface area contributed by atoms with Gasteiger partial charge in [-0.25, -0.2) is 0 Å². The SMILES string of the molecule is c1ccc(COCCC2CCCNCC2)cc1. The van der Waals surface area contributed by atoms with E-state index in [-0.39, 0.29) is 0 Å². The van der Waals surface area contributed by atoms with Crippen LogP contribution >= 0.6 is 0 Å². The largest absolute Gasteiger partial charge is 0.377 e. The molecule has 0 radical (unpaired) electrons. The van der Waals surface area contributed by atoms with Crippen LogP contribution in [0.4, 0.5) is 0 Å². The Hall–Kier alpha value is -0.860. The van der Waals surface area contributed by atoms with E-state index in [9.17, 15) is 0 Å². The highest BCUT2D eigenvalue weighted by Crippen LogP contribution is 2.17. The minimum atomic E-state index is 0.756. The standard InChI is InChI=1S/C15H23NO/c1-2-5-15(6-3-1)13-17-12-9-14-7-4-10-16-11-8-14/h1-3,5-6,14,16H,4,7-13H2. The molecule has 2 rings (SSSR count). The van der Waals surface area contributed by atoms with Crippen molar-refractivity contribution < 1.29 is 4.74 Å². The van der Waals surface area contributed by atoms with Crippen LogP contribution in [0.25, 0.3) is 0 Å². The topological polar surface area (TPSA) is 21.3 Å². The van der Waals surface area contributed by atoms with E-state index in [4.69, 9.17) is 4.74 Å². The Morgan fingerprint density at radius 3 is 2.88 bits per heavy atom. The van der Waals surface area contributed by atoms with E-state index in [1.165, 1.54) is 44.3 Å². The zero-order valence-electron chi connectivity index (χ0n) is 10.5. The summed E-state index contributed by atoms with van der Waals surface area (Å²) in [6.07, 6.45) is 5.22. The van der Waals surface area contributed by atoms with Crippen molar-refractivity contribution in [2.45, 2.75) is 32.3 Å². The summed E-state index contributed by atoms with van der Waals surface area (Å²) in [5.41, 5.74) is 1.27. The monoisotopic (exact) mass is 233 g/mol. The lowest BCUT2D eigenvalue weighted by Gasteiger charge is -2.13. The molecule has 94 valence electrons. The Balaban J connectivity index is 1.59. The summed E-state index contributed by atoms with van der Waals surface area (Å²) < 4.78 is 5.74. The molecule has 1 aliphatic heterocycles. The van der Waals surface area contributed by atoms with Gasteiger partial charge in [0.25, 0.3) is 0 Å². The summed E-state index contributed by atoms with van der Waals surface area (Å²) in [5.74, 6) is 0.862. The lowest BCUT2D eigenvalue weighted by Crippen LogP contribution is -2.14. The molecule has 1 aromatic rings. The van der Waals surface area contributed by atoms with Gasteiger partial charge in [-0.15, -0.1) is 0 Å². The smallest absolute Gasteiger partial charge is 0.0716 e. The third-order valence-electron chi connectivity index (χ3n) is 3.48. The summed E-state index contributed by atoms with van der Waals surface area (Å²) in [6.45, 7) is 4.04. The Kier molecular flexibility index (Phi) is 5.53. The minimum absolute atomic E-state index is 0.756. The average Bonchev–Trinajstić information content (AvgIpc) is 2.65. The number of hydrogen-bond donors (Lipinski definition) is 1. The fourth-order valence-electron chi connectivity index (χ4n) is 2.39. The van der Waals surface area contributed by atoms with E-state index in [0.717, 1.165) is 19.1 Å². The third-order valence-corrected chi connectivity index (χ3v) is 3.48. The number of ether oxygens (including phenoxy) is 1. The molecule has 0 aliphatic carbocycles. The molecule has 1 aliphatic rings. The highest BCUT2D eigenvalue weighted by Gasteiger charge is 2.11. The van der Waals surface area contributed by atoms with Gasteiger partial charge in [0.05, 0.1) is 6.61 Å². The first kappa shape index (κ1) is 12.6.